The Bertz CT molecular complexity index is 309. The first-order valence-electron chi connectivity index (χ1n) is 3.63. The van der Waals surface area contributed by atoms with Gasteiger partial charge in [0, 0.05) is 7.05 Å². The average molecular weight is 167 g/mol. The summed E-state index contributed by atoms with van der Waals surface area (Å²) in [6.45, 7) is 1.77. The van der Waals surface area contributed by atoms with Crippen molar-refractivity contribution in [1.82, 2.24) is 5.32 Å². The molecule has 12 heavy (non-hydrogen) atoms. The molecular weight excluding hydrogens is 157 g/mol. The number of carbonyl (C=O) groups is 1. The summed E-state index contributed by atoms with van der Waals surface area (Å²) >= 11 is 0. The van der Waals surface area contributed by atoms with Crippen molar-refractivity contribution >= 4 is 5.91 Å². The maximum Gasteiger partial charge on any atom is 0.253 e. The van der Waals surface area contributed by atoms with Crippen molar-refractivity contribution in [2.75, 3.05) is 7.05 Å². The lowest BCUT2D eigenvalue weighted by molar-refractivity contribution is 0.0959. The largest absolute Gasteiger partial charge is 0.355 e. The molecule has 0 unspecified atom stereocenters. The molecule has 1 N–H and O–H groups in total. The predicted octanol–water partition coefficient (Wildman–Crippen LogP) is 1.49. The molecule has 0 bridgehead atoms. The Morgan fingerprint density at radius 3 is 2.67 bits per heavy atom. The van der Waals surface area contributed by atoms with E-state index in [4.69, 9.17) is 0 Å². The lowest BCUT2D eigenvalue weighted by atomic mass is 10.1. The monoisotopic (exact) mass is 167 g/mol. The molecule has 0 saturated carbocycles. The van der Waals surface area contributed by atoms with Crippen molar-refractivity contribution in [3.05, 3.63) is 35.1 Å². The fourth-order valence-corrected chi connectivity index (χ4v) is 0.939. The predicted molar refractivity (Wildman–Crippen MR) is 44.5 cm³/mol. The van der Waals surface area contributed by atoms with Gasteiger partial charge < -0.3 is 5.32 Å². The zero-order valence-electron chi connectivity index (χ0n) is 7.02. The molecule has 2 nitrogen and oxygen atoms in total. The molecule has 0 radical (unpaired) electrons. The van der Waals surface area contributed by atoms with E-state index in [0.717, 1.165) is 5.56 Å². The quantitative estimate of drug-likeness (QED) is 0.674. The van der Waals surface area contributed by atoms with E-state index in [2.05, 4.69) is 5.32 Å². The van der Waals surface area contributed by atoms with Crippen LogP contribution in [0.3, 0.4) is 0 Å². The number of halogens is 1. The molecule has 0 spiro atoms. The Hall–Kier alpha value is -1.38. The van der Waals surface area contributed by atoms with Crippen molar-refractivity contribution < 1.29 is 9.18 Å². The summed E-state index contributed by atoms with van der Waals surface area (Å²) in [6, 6.07) is 4.52. The van der Waals surface area contributed by atoms with Gasteiger partial charge in [-0.05, 0) is 24.6 Å². The zero-order chi connectivity index (χ0) is 9.14. The number of hydrogen-bond acceptors (Lipinski definition) is 1. The number of nitrogens with one attached hydrogen (secondary N) is 1. The number of amides is 1. The van der Waals surface area contributed by atoms with Crippen molar-refractivity contribution in [1.29, 1.82) is 0 Å². The van der Waals surface area contributed by atoms with Crippen molar-refractivity contribution in [3.8, 4) is 0 Å². The van der Waals surface area contributed by atoms with Gasteiger partial charge in [0.2, 0.25) is 0 Å². The lowest BCUT2D eigenvalue weighted by Crippen LogP contribution is -2.19. The average Bonchev–Trinajstić information content (AvgIpc) is 2.03. The standard InChI is InChI=1S/C9H10FNO/c1-6-3-4-7(8(10)5-6)9(12)11-2/h3-5H,1-2H3,(H,11,12). The van der Waals surface area contributed by atoms with Crippen molar-refractivity contribution in [3.63, 3.8) is 0 Å². The molecule has 0 atom stereocenters. The molecule has 0 aromatic heterocycles. The Morgan fingerprint density at radius 2 is 2.17 bits per heavy atom. The van der Waals surface area contributed by atoms with Crippen molar-refractivity contribution in [2.45, 2.75) is 6.92 Å². The molecule has 1 aromatic carbocycles. The molecule has 0 heterocycles. The third-order valence-electron chi connectivity index (χ3n) is 1.60. The molecule has 0 aliphatic heterocycles. The Kier molecular flexibility index (Phi) is 2.43. The number of benzene rings is 1. The van der Waals surface area contributed by atoms with Crippen LogP contribution in [-0.2, 0) is 0 Å². The highest BCUT2D eigenvalue weighted by Crippen LogP contribution is 2.08. The first-order valence-corrected chi connectivity index (χ1v) is 3.63. The van der Waals surface area contributed by atoms with Gasteiger partial charge in [-0.15, -0.1) is 0 Å². The van der Waals surface area contributed by atoms with Gasteiger partial charge in [-0.25, -0.2) is 4.39 Å². The smallest absolute Gasteiger partial charge is 0.253 e. The SMILES string of the molecule is CNC(=O)c1ccc(C)cc1F. The topological polar surface area (TPSA) is 29.1 Å². The van der Waals surface area contributed by atoms with E-state index in [-0.39, 0.29) is 5.56 Å². The molecule has 0 aliphatic rings. The van der Waals surface area contributed by atoms with E-state index in [1.54, 1.807) is 13.0 Å². The van der Waals surface area contributed by atoms with Crippen LogP contribution in [0.4, 0.5) is 4.39 Å². The van der Waals surface area contributed by atoms with Crippen LogP contribution in [-0.4, -0.2) is 13.0 Å². The number of aryl methyl sites for hydroxylation is 1. The van der Waals surface area contributed by atoms with Crippen LogP contribution in [0, 0.1) is 12.7 Å². The van der Waals surface area contributed by atoms with Crippen LogP contribution in [0.5, 0.6) is 0 Å². The molecule has 1 rings (SSSR count). The van der Waals surface area contributed by atoms with E-state index in [0.29, 0.717) is 0 Å². The third kappa shape index (κ3) is 1.61. The molecule has 0 fully saturated rings. The van der Waals surface area contributed by atoms with E-state index >= 15 is 0 Å². The Balaban J connectivity index is 3.09. The van der Waals surface area contributed by atoms with Crippen LogP contribution in [0.25, 0.3) is 0 Å². The van der Waals surface area contributed by atoms with Gasteiger partial charge >= 0.3 is 0 Å². The number of rotatable bonds is 1. The van der Waals surface area contributed by atoms with Gasteiger partial charge in [0.1, 0.15) is 5.82 Å². The minimum absolute atomic E-state index is 0.0862. The number of hydrogen-bond donors (Lipinski definition) is 1. The molecular formula is C9H10FNO. The van der Waals surface area contributed by atoms with Crippen molar-refractivity contribution in [2.24, 2.45) is 0 Å². The van der Waals surface area contributed by atoms with Crippen LogP contribution in [0.1, 0.15) is 15.9 Å². The van der Waals surface area contributed by atoms with Gasteiger partial charge in [0.15, 0.2) is 0 Å². The molecule has 0 aliphatic carbocycles. The van der Waals surface area contributed by atoms with Crippen LogP contribution >= 0.6 is 0 Å². The Labute approximate surface area is 70.4 Å². The van der Waals surface area contributed by atoms with Crippen LogP contribution in [0.2, 0.25) is 0 Å². The van der Waals surface area contributed by atoms with Gasteiger partial charge in [-0.2, -0.15) is 0 Å². The fraction of sp³-hybridized carbons (Fsp3) is 0.222. The van der Waals surface area contributed by atoms with Gasteiger partial charge in [-0.3, -0.25) is 4.79 Å². The minimum Gasteiger partial charge on any atom is -0.355 e. The lowest BCUT2D eigenvalue weighted by Gasteiger charge is -2.01. The second-order valence-corrected chi connectivity index (χ2v) is 2.56. The summed E-state index contributed by atoms with van der Waals surface area (Å²) in [5.74, 6) is -0.873. The number of carbonyl (C=O) groups excluding carboxylic acids is 1. The van der Waals surface area contributed by atoms with E-state index in [1.807, 2.05) is 0 Å². The summed E-state index contributed by atoms with van der Waals surface area (Å²) in [7, 11) is 1.47. The van der Waals surface area contributed by atoms with Gasteiger partial charge in [0.05, 0.1) is 5.56 Å². The first kappa shape index (κ1) is 8.71. The highest BCUT2D eigenvalue weighted by molar-refractivity contribution is 5.94. The fourth-order valence-electron chi connectivity index (χ4n) is 0.939. The van der Waals surface area contributed by atoms with Gasteiger partial charge in [-0.1, -0.05) is 6.07 Å². The summed E-state index contributed by atoms with van der Waals surface area (Å²) in [6.07, 6.45) is 0. The summed E-state index contributed by atoms with van der Waals surface area (Å²) in [5.41, 5.74) is 0.892. The highest BCUT2D eigenvalue weighted by atomic mass is 19.1. The van der Waals surface area contributed by atoms with E-state index < -0.39 is 11.7 Å². The molecule has 0 saturated heterocycles. The maximum atomic E-state index is 13.0. The maximum absolute atomic E-state index is 13.0. The van der Waals surface area contributed by atoms with Crippen LogP contribution < -0.4 is 5.32 Å². The van der Waals surface area contributed by atoms with E-state index in [1.165, 1.54) is 19.2 Å². The second kappa shape index (κ2) is 3.34. The summed E-state index contributed by atoms with van der Waals surface area (Å²) in [5, 5.41) is 2.36. The summed E-state index contributed by atoms with van der Waals surface area (Å²) in [4.78, 5) is 11.0. The third-order valence-corrected chi connectivity index (χ3v) is 1.60. The molecule has 1 aromatic rings. The Morgan fingerprint density at radius 1 is 1.50 bits per heavy atom. The minimum atomic E-state index is -0.477. The molecule has 1 amide bonds. The molecule has 3 heteroatoms. The first-order chi connectivity index (χ1) is 5.65. The van der Waals surface area contributed by atoms with Gasteiger partial charge in [0.25, 0.3) is 5.91 Å². The van der Waals surface area contributed by atoms with Crippen LogP contribution in [0.15, 0.2) is 18.2 Å². The summed E-state index contributed by atoms with van der Waals surface area (Å²) < 4.78 is 13.0. The highest BCUT2D eigenvalue weighted by Gasteiger charge is 2.08. The van der Waals surface area contributed by atoms with E-state index in [9.17, 15) is 9.18 Å². The zero-order valence-corrected chi connectivity index (χ0v) is 7.02. The second-order valence-electron chi connectivity index (χ2n) is 2.56. The molecule has 64 valence electrons. The normalized spacial score (nSPS) is 9.58.